The first-order valence-electron chi connectivity index (χ1n) is 8.31. The van der Waals surface area contributed by atoms with Crippen LogP contribution in [0.4, 0.5) is 0 Å². The fraction of sp³-hybridized carbons (Fsp3) is 0.0476. The van der Waals surface area contributed by atoms with Crippen molar-refractivity contribution in [1.29, 1.82) is 0 Å². The summed E-state index contributed by atoms with van der Waals surface area (Å²) in [5.41, 5.74) is 2.19. The fourth-order valence-electron chi connectivity index (χ4n) is 2.86. The van der Waals surface area contributed by atoms with Crippen molar-refractivity contribution in [2.45, 2.75) is 9.79 Å². The summed E-state index contributed by atoms with van der Waals surface area (Å²) >= 11 is 0. The standard InChI is InChI=1S/C21H16N2O3S/c1-26-20-13-12-17-21(23-20)19(27(24,25)16-10-6-3-7-11-16)14-18(22-17)15-8-4-2-5-9-15/h2-14H,1H3. The van der Waals surface area contributed by atoms with Gasteiger partial charge in [0.1, 0.15) is 10.4 Å². The molecule has 0 atom stereocenters. The van der Waals surface area contributed by atoms with E-state index in [1.54, 1.807) is 48.5 Å². The largest absolute Gasteiger partial charge is 0.481 e. The summed E-state index contributed by atoms with van der Waals surface area (Å²) in [7, 11) is -2.29. The lowest BCUT2D eigenvalue weighted by atomic mass is 10.1. The van der Waals surface area contributed by atoms with Gasteiger partial charge in [-0.1, -0.05) is 48.5 Å². The predicted molar refractivity (Wildman–Crippen MR) is 103 cm³/mol. The molecule has 0 aliphatic rings. The number of sulfone groups is 1. The number of nitrogens with zero attached hydrogens (tertiary/aromatic N) is 2. The van der Waals surface area contributed by atoms with Crippen molar-refractivity contribution in [3.63, 3.8) is 0 Å². The molecule has 0 aliphatic carbocycles. The highest BCUT2D eigenvalue weighted by atomic mass is 32.2. The van der Waals surface area contributed by atoms with E-state index in [4.69, 9.17) is 4.74 Å². The summed E-state index contributed by atoms with van der Waals surface area (Å²) in [5.74, 6) is 0.335. The number of aromatic nitrogens is 2. The normalized spacial score (nSPS) is 11.4. The van der Waals surface area contributed by atoms with Crippen LogP contribution in [0.5, 0.6) is 5.88 Å². The molecule has 2 heterocycles. The quantitative estimate of drug-likeness (QED) is 0.535. The molecule has 0 unspecified atom stereocenters. The van der Waals surface area contributed by atoms with Gasteiger partial charge in [-0.15, -0.1) is 0 Å². The van der Waals surface area contributed by atoms with Gasteiger partial charge in [-0.2, -0.15) is 0 Å². The number of fused-ring (bicyclic) bond motifs is 1. The molecule has 2 aromatic carbocycles. The van der Waals surface area contributed by atoms with E-state index in [0.29, 0.717) is 17.1 Å². The smallest absolute Gasteiger partial charge is 0.213 e. The third kappa shape index (κ3) is 3.15. The number of benzene rings is 2. The monoisotopic (exact) mass is 376 g/mol. The summed E-state index contributed by atoms with van der Waals surface area (Å²) < 4.78 is 31.8. The van der Waals surface area contributed by atoms with E-state index in [2.05, 4.69) is 9.97 Å². The molecule has 0 fully saturated rings. The molecule has 0 saturated carbocycles. The molecule has 4 rings (SSSR count). The van der Waals surface area contributed by atoms with Crippen LogP contribution in [0.25, 0.3) is 22.3 Å². The maximum absolute atomic E-state index is 13.3. The summed E-state index contributed by atoms with van der Waals surface area (Å²) in [6.45, 7) is 0. The van der Waals surface area contributed by atoms with Gasteiger partial charge < -0.3 is 4.74 Å². The third-order valence-corrected chi connectivity index (χ3v) is 6.00. The number of hydrogen-bond acceptors (Lipinski definition) is 5. The van der Waals surface area contributed by atoms with E-state index >= 15 is 0 Å². The van der Waals surface area contributed by atoms with Crippen LogP contribution in [-0.4, -0.2) is 25.5 Å². The molecule has 0 amide bonds. The third-order valence-electron chi connectivity index (χ3n) is 4.21. The van der Waals surface area contributed by atoms with Gasteiger partial charge >= 0.3 is 0 Å². The Morgan fingerprint density at radius 3 is 2.15 bits per heavy atom. The molecule has 4 aromatic rings. The molecule has 0 aliphatic heterocycles. The van der Waals surface area contributed by atoms with E-state index in [0.717, 1.165) is 5.56 Å². The van der Waals surface area contributed by atoms with Crippen LogP contribution in [0, 0.1) is 0 Å². The second-order valence-corrected chi connectivity index (χ2v) is 7.83. The minimum atomic E-state index is -3.78. The minimum Gasteiger partial charge on any atom is -0.481 e. The van der Waals surface area contributed by atoms with Crippen molar-refractivity contribution in [1.82, 2.24) is 9.97 Å². The highest BCUT2D eigenvalue weighted by Gasteiger charge is 2.23. The number of rotatable bonds is 4. The summed E-state index contributed by atoms with van der Waals surface area (Å²) in [6, 6.07) is 22.7. The molecular weight excluding hydrogens is 360 g/mol. The Labute approximate surface area is 157 Å². The zero-order valence-electron chi connectivity index (χ0n) is 14.5. The van der Waals surface area contributed by atoms with Crippen molar-refractivity contribution >= 4 is 20.9 Å². The average Bonchev–Trinajstić information content (AvgIpc) is 2.73. The maximum Gasteiger partial charge on any atom is 0.213 e. The number of hydrogen-bond donors (Lipinski definition) is 0. The molecule has 134 valence electrons. The average molecular weight is 376 g/mol. The van der Waals surface area contributed by atoms with Crippen LogP contribution in [0.1, 0.15) is 0 Å². The lowest BCUT2D eigenvalue weighted by Gasteiger charge is -2.11. The van der Waals surface area contributed by atoms with Gasteiger partial charge in [0.25, 0.3) is 0 Å². The molecule has 6 heteroatoms. The van der Waals surface area contributed by atoms with Crippen molar-refractivity contribution in [2.24, 2.45) is 0 Å². The summed E-state index contributed by atoms with van der Waals surface area (Å²) in [4.78, 5) is 9.28. The van der Waals surface area contributed by atoms with E-state index in [1.807, 2.05) is 30.3 Å². The molecule has 0 radical (unpaired) electrons. The van der Waals surface area contributed by atoms with Gasteiger partial charge in [0.05, 0.1) is 23.2 Å². The van der Waals surface area contributed by atoms with Crippen molar-refractivity contribution in [3.8, 4) is 17.1 Å². The zero-order chi connectivity index (χ0) is 18.9. The Bertz CT molecular complexity index is 1210. The first kappa shape index (κ1) is 17.2. The topological polar surface area (TPSA) is 69.2 Å². The van der Waals surface area contributed by atoms with Gasteiger partial charge in [-0.25, -0.2) is 18.4 Å². The summed E-state index contributed by atoms with van der Waals surface area (Å²) in [5, 5.41) is 0. The van der Waals surface area contributed by atoms with Gasteiger partial charge in [0, 0.05) is 11.6 Å². The second kappa shape index (κ2) is 6.81. The van der Waals surface area contributed by atoms with Crippen LogP contribution in [0.3, 0.4) is 0 Å². The van der Waals surface area contributed by atoms with Gasteiger partial charge in [-0.05, 0) is 24.3 Å². The first-order valence-corrected chi connectivity index (χ1v) is 9.79. The SMILES string of the molecule is COc1ccc2nc(-c3ccccc3)cc(S(=O)(=O)c3ccccc3)c2n1. The van der Waals surface area contributed by atoms with Crippen LogP contribution >= 0.6 is 0 Å². The molecule has 0 N–H and O–H groups in total. The molecule has 27 heavy (non-hydrogen) atoms. The van der Waals surface area contributed by atoms with Gasteiger partial charge in [0.15, 0.2) is 0 Å². The Hall–Kier alpha value is -3.25. The maximum atomic E-state index is 13.3. The number of pyridine rings is 2. The summed E-state index contributed by atoms with van der Waals surface area (Å²) in [6.07, 6.45) is 0. The zero-order valence-corrected chi connectivity index (χ0v) is 15.3. The fourth-order valence-corrected chi connectivity index (χ4v) is 4.30. The lowest BCUT2D eigenvalue weighted by Crippen LogP contribution is -2.05. The molecule has 0 saturated heterocycles. The molecule has 5 nitrogen and oxygen atoms in total. The van der Waals surface area contributed by atoms with E-state index in [-0.39, 0.29) is 15.3 Å². The van der Waals surface area contributed by atoms with Gasteiger partial charge in [-0.3, -0.25) is 0 Å². The molecule has 2 aromatic heterocycles. The van der Waals surface area contributed by atoms with Gasteiger partial charge in [0.2, 0.25) is 15.7 Å². The number of methoxy groups -OCH3 is 1. The van der Waals surface area contributed by atoms with Crippen molar-refractivity contribution in [2.75, 3.05) is 7.11 Å². The molecule has 0 spiro atoms. The van der Waals surface area contributed by atoms with Crippen LogP contribution < -0.4 is 4.74 Å². The lowest BCUT2D eigenvalue weighted by molar-refractivity contribution is 0.399. The Kier molecular flexibility index (Phi) is 4.33. The van der Waals surface area contributed by atoms with Crippen molar-refractivity contribution < 1.29 is 13.2 Å². The number of ether oxygens (including phenoxy) is 1. The Morgan fingerprint density at radius 2 is 1.48 bits per heavy atom. The van der Waals surface area contributed by atoms with E-state index in [1.165, 1.54) is 7.11 Å². The molecular formula is C21H16N2O3S. The van der Waals surface area contributed by atoms with Crippen molar-refractivity contribution in [3.05, 3.63) is 78.9 Å². The second-order valence-electron chi connectivity index (χ2n) is 5.91. The predicted octanol–water partition coefficient (Wildman–Crippen LogP) is 4.14. The Balaban J connectivity index is 2.05. The van der Waals surface area contributed by atoms with Crippen LogP contribution in [-0.2, 0) is 9.84 Å². The highest BCUT2D eigenvalue weighted by Crippen LogP contribution is 2.31. The first-order chi connectivity index (χ1) is 13.1. The van der Waals surface area contributed by atoms with E-state index in [9.17, 15) is 8.42 Å². The van der Waals surface area contributed by atoms with E-state index < -0.39 is 9.84 Å². The minimum absolute atomic E-state index is 0.108. The van der Waals surface area contributed by atoms with Crippen LogP contribution in [0.15, 0.2) is 88.7 Å². The molecule has 0 bridgehead atoms. The Morgan fingerprint density at radius 1 is 0.815 bits per heavy atom. The highest BCUT2D eigenvalue weighted by molar-refractivity contribution is 7.91. The van der Waals surface area contributed by atoms with Crippen LogP contribution in [0.2, 0.25) is 0 Å².